The third-order valence-corrected chi connectivity index (χ3v) is 4.07. The smallest absolute Gasteiger partial charge is 0.233 e. The monoisotopic (exact) mass is 256 g/mol. The lowest BCUT2D eigenvalue weighted by atomic mass is 10.1. The number of amides is 1. The van der Waals surface area contributed by atoms with E-state index >= 15 is 0 Å². The predicted octanol–water partition coefficient (Wildman–Crippen LogP) is 1.13. The summed E-state index contributed by atoms with van der Waals surface area (Å²) in [6, 6.07) is 0. The first-order valence-corrected chi connectivity index (χ1v) is 6.76. The molecule has 0 aromatic heterocycles. The molecule has 2 fully saturated rings. The highest BCUT2D eigenvalue weighted by molar-refractivity contribution is 7.80. The fourth-order valence-corrected chi connectivity index (χ4v) is 2.56. The third-order valence-electron chi connectivity index (χ3n) is 3.68. The summed E-state index contributed by atoms with van der Waals surface area (Å²) in [6.07, 6.45) is 6.30. The molecule has 1 aliphatic heterocycles. The molecule has 2 aliphatic rings. The van der Waals surface area contributed by atoms with E-state index in [0.29, 0.717) is 17.6 Å². The van der Waals surface area contributed by atoms with Gasteiger partial charge in [-0.15, -0.1) is 0 Å². The second kappa shape index (κ2) is 5.31. The van der Waals surface area contributed by atoms with Gasteiger partial charge in [-0.2, -0.15) is 0 Å². The van der Waals surface area contributed by atoms with E-state index in [9.17, 15) is 4.79 Å². The summed E-state index contributed by atoms with van der Waals surface area (Å²) in [7, 11) is 0. The Labute approximate surface area is 107 Å². The molecule has 0 radical (unpaired) electrons. The van der Waals surface area contributed by atoms with Gasteiger partial charge in [-0.25, -0.2) is 0 Å². The minimum absolute atomic E-state index is 0.000749. The number of carbonyl (C=O) groups excluding carboxylic acids is 1. The predicted molar refractivity (Wildman–Crippen MR) is 69.7 cm³/mol. The van der Waals surface area contributed by atoms with Crippen molar-refractivity contribution in [3.05, 3.63) is 0 Å². The Morgan fingerprint density at radius 1 is 1.47 bits per heavy atom. The van der Waals surface area contributed by atoms with Crippen molar-refractivity contribution in [2.45, 2.75) is 44.6 Å². The van der Waals surface area contributed by atoms with Crippen molar-refractivity contribution < 1.29 is 9.53 Å². The molecule has 5 heteroatoms. The van der Waals surface area contributed by atoms with Gasteiger partial charge in [0.1, 0.15) is 0 Å². The minimum Gasteiger partial charge on any atom is -0.392 e. The molecular weight excluding hydrogens is 236 g/mol. The summed E-state index contributed by atoms with van der Waals surface area (Å²) in [5.74, 6) is 0.000749. The van der Waals surface area contributed by atoms with Gasteiger partial charge >= 0.3 is 0 Å². The molecule has 1 unspecified atom stereocenters. The highest BCUT2D eigenvalue weighted by Crippen LogP contribution is 2.46. The summed E-state index contributed by atoms with van der Waals surface area (Å²) in [6.45, 7) is 1.52. The van der Waals surface area contributed by atoms with Crippen molar-refractivity contribution in [2.75, 3.05) is 13.2 Å². The maximum absolute atomic E-state index is 11.9. The van der Waals surface area contributed by atoms with Crippen molar-refractivity contribution in [2.24, 2.45) is 11.1 Å². The number of rotatable bonds is 5. The fourth-order valence-electron chi connectivity index (χ4n) is 2.26. The summed E-state index contributed by atoms with van der Waals surface area (Å²) in [4.78, 5) is 12.2. The normalized spacial score (nSPS) is 26.2. The van der Waals surface area contributed by atoms with Crippen LogP contribution in [0, 0.1) is 5.41 Å². The van der Waals surface area contributed by atoms with E-state index in [1.165, 1.54) is 6.42 Å². The number of nitrogens with one attached hydrogen (secondary N) is 1. The van der Waals surface area contributed by atoms with Crippen LogP contribution in [0.4, 0.5) is 0 Å². The molecule has 1 saturated carbocycles. The summed E-state index contributed by atoms with van der Waals surface area (Å²) >= 11 is 4.94. The van der Waals surface area contributed by atoms with E-state index in [-0.39, 0.29) is 5.91 Å². The van der Waals surface area contributed by atoms with Gasteiger partial charge in [0.05, 0.1) is 16.5 Å². The van der Waals surface area contributed by atoms with Crippen molar-refractivity contribution in [3.63, 3.8) is 0 Å². The quantitative estimate of drug-likeness (QED) is 0.724. The first-order valence-electron chi connectivity index (χ1n) is 6.35. The molecule has 0 aromatic rings. The largest absolute Gasteiger partial charge is 0.392 e. The zero-order valence-corrected chi connectivity index (χ0v) is 10.9. The van der Waals surface area contributed by atoms with E-state index in [0.717, 1.165) is 38.7 Å². The molecule has 0 aromatic carbocycles. The molecule has 96 valence electrons. The van der Waals surface area contributed by atoms with Crippen molar-refractivity contribution >= 4 is 23.1 Å². The number of hydrogen-bond donors (Lipinski definition) is 2. The van der Waals surface area contributed by atoms with Gasteiger partial charge in [-0.3, -0.25) is 4.79 Å². The lowest BCUT2D eigenvalue weighted by Gasteiger charge is -2.23. The molecule has 1 saturated heterocycles. The SMILES string of the molecule is NC(=S)C1(C(=O)NCCC2CCCCO2)CC1. The maximum Gasteiger partial charge on any atom is 0.233 e. The Balaban J connectivity index is 1.68. The number of nitrogens with two attached hydrogens (primary N) is 1. The zero-order valence-electron chi connectivity index (χ0n) is 10.0. The third kappa shape index (κ3) is 2.96. The van der Waals surface area contributed by atoms with Gasteiger partial charge in [0.2, 0.25) is 5.91 Å². The molecule has 17 heavy (non-hydrogen) atoms. The number of carbonyl (C=O) groups is 1. The van der Waals surface area contributed by atoms with E-state index in [2.05, 4.69) is 5.32 Å². The van der Waals surface area contributed by atoms with Crippen molar-refractivity contribution in [3.8, 4) is 0 Å². The molecule has 3 N–H and O–H groups in total. The summed E-state index contributed by atoms with van der Waals surface area (Å²) < 4.78 is 5.61. The highest BCUT2D eigenvalue weighted by Gasteiger charge is 2.52. The van der Waals surface area contributed by atoms with E-state index in [4.69, 9.17) is 22.7 Å². The first-order chi connectivity index (χ1) is 8.15. The van der Waals surface area contributed by atoms with Gasteiger partial charge < -0.3 is 15.8 Å². The average molecular weight is 256 g/mol. The average Bonchev–Trinajstić information content (AvgIpc) is 3.11. The molecule has 1 amide bonds. The number of thiocarbonyl (C=S) groups is 1. The lowest BCUT2D eigenvalue weighted by molar-refractivity contribution is -0.124. The molecule has 0 bridgehead atoms. The Kier molecular flexibility index (Phi) is 3.99. The van der Waals surface area contributed by atoms with Gasteiger partial charge in [0.25, 0.3) is 0 Å². The topological polar surface area (TPSA) is 64.4 Å². The van der Waals surface area contributed by atoms with Crippen molar-refractivity contribution in [1.29, 1.82) is 0 Å². The van der Waals surface area contributed by atoms with Gasteiger partial charge in [-0.05, 0) is 38.5 Å². The van der Waals surface area contributed by atoms with Crippen LogP contribution in [0.2, 0.25) is 0 Å². The van der Waals surface area contributed by atoms with Crippen LogP contribution in [0.1, 0.15) is 38.5 Å². The Morgan fingerprint density at radius 3 is 2.76 bits per heavy atom. The Morgan fingerprint density at radius 2 is 2.24 bits per heavy atom. The standard InChI is InChI=1S/C12H20N2O2S/c13-10(17)12(5-6-12)11(15)14-7-4-9-3-1-2-8-16-9/h9H,1-8H2,(H2,13,17)(H,14,15). The second-order valence-electron chi connectivity index (χ2n) is 4.98. The maximum atomic E-state index is 11.9. The molecular formula is C12H20N2O2S. The van der Waals surface area contributed by atoms with Crippen LogP contribution in [0.3, 0.4) is 0 Å². The van der Waals surface area contributed by atoms with Crippen LogP contribution in [-0.4, -0.2) is 30.2 Å². The molecule has 0 spiro atoms. The second-order valence-corrected chi connectivity index (χ2v) is 5.42. The van der Waals surface area contributed by atoms with Crippen LogP contribution < -0.4 is 11.1 Å². The molecule has 1 aliphatic carbocycles. The van der Waals surface area contributed by atoms with Gasteiger partial charge in [0, 0.05) is 13.2 Å². The van der Waals surface area contributed by atoms with Crippen LogP contribution in [0.5, 0.6) is 0 Å². The number of hydrogen-bond acceptors (Lipinski definition) is 3. The first kappa shape index (κ1) is 12.8. The molecule has 2 rings (SSSR count). The van der Waals surface area contributed by atoms with Crippen LogP contribution >= 0.6 is 12.2 Å². The van der Waals surface area contributed by atoms with E-state index in [1.807, 2.05) is 0 Å². The zero-order chi connectivity index (χ0) is 12.3. The molecule has 1 atom stereocenters. The van der Waals surface area contributed by atoms with Gasteiger partial charge in [0.15, 0.2) is 0 Å². The summed E-state index contributed by atoms with van der Waals surface area (Å²) in [5.41, 5.74) is 5.07. The summed E-state index contributed by atoms with van der Waals surface area (Å²) in [5, 5.41) is 2.93. The Hall–Kier alpha value is -0.680. The van der Waals surface area contributed by atoms with Crippen LogP contribution in [-0.2, 0) is 9.53 Å². The lowest BCUT2D eigenvalue weighted by Crippen LogP contribution is -2.40. The fraction of sp³-hybridized carbons (Fsp3) is 0.833. The Bertz CT molecular complexity index is 310. The molecule has 1 heterocycles. The van der Waals surface area contributed by atoms with Gasteiger partial charge in [-0.1, -0.05) is 12.2 Å². The minimum atomic E-state index is -0.525. The van der Waals surface area contributed by atoms with Crippen LogP contribution in [0.25, 0.3) is 0 Å². The van der Waals surface area contributed by atoms with E-state index < -0.39 is 5.41 Å². The molecule has 4 nitrogen and oxygen atoms in total. The highest BCUT2D eigenvalue weighted by atomic mass is 32.1. The van der Waals surface area contributed by atoms with Crippen molar-refractivity contribution in [1.82, 2.24) is 5.32 Å². The van der Waals surface area contributed by atoms with E-state index in [1.54, 1.807) is 0 Å². The van der Waals surface area contributed by atoms with Crippen LogP contribution in [0.15, 0.2) is 0 Å². The number of ether oxygens (including phenoxy) is 1.